The molecule has 1 N–H and O–H groups in total. The lowest BCUT2D eigenvalue weighted by molar-refractivity contribution is -0.129. The number of carbonyl (C=O) groups is 1. The van der Waals surface area contributed by atoms with E-state index in [0.29, 0.717) is 6.54 Å². The maximum atomic E-state index is 11.6. The first-order valence-electron chi connectivity index (χ1n) is 7.26. The highest BCUT2D eigenvalue weighted by molar-refractivity contribution is 5.87. The highest BCUT2D eigenvalue weighted by Gasteiger charge is 2.39. The van der Waals surface area contributed by atoms with Crippen LogP contribution in [0.2, 0.25) is 0 Å². The van der Waals surface area contributed by atoms with Gasteiger partial charge >= 0.3 is 0 Å². The van der Waals surface area contributed by atoms with Gasteiger partial charge in [-0.05, 0) is 33.5 Å². The molecule has 0 aromatic rings. The van der Waals surface area contributed by atoms with Gasteiger partial charge < -0.3 is 14.9 Å². The minimum absolute atomic E-state index is 0.0924. The monoisotopic (exact) mass is 272 g/mol. The van der Waals surface area contributed by atoms with Crippen LogP contribution < -0.4 is 0 Å². The Morgan fingerprint density at radius 3 is 2.16 bits per heavy atom. The number of nitrogens with zero attached hydrogens (tertiary/aromatic N) is 2. The molecule has 3 unspecified atom stereocenters. The summed E-state index contributed by atoms with van der Waals surface area (Å²) >= 11 is 0. The zero-order chi connectivity index (χ0) is 15.6. The lowest BCUT2D eigenvalue weighted by Gasteiger charge is -2.32. The number of likely N-dealkylation sites (tertiary alicyclic amines) is 1. The van der Waals surface area contributed by atoms with Gasteiger partial charge in [-0.3, -0.25) is 4.79 Å². The highest BCUT2D eigenvalue weighted by atomic mass is 16.3. The third-order valence-electron chi connectivity index (χ3n) is 3.04. The van der Waals surface area contributed by atoms with Crippen molar-refractivity contribution < 1.29 is 9.90 Å². The van der Waals surface area contributed by atoms with E-state index in [9.17, 15) is 9.90 Å². The molecule has 19 heavy (non-hydrogen) atoms. The first kappa shape index (κ1) is 20.4. The molecule has 3 atom stereocenters. The summed E-state index contributed by atoms with van der Waals surface area (Å²) in [7, 11) is 3.95. The first-order chi connectivity index (χ1) is 8.99. The molecule has 0 aliphatic carbocycles. The van der Waals surface area contributed by atoms with Crippen molar-refractivity contribution in [3.63, 3.8) is 0 Å². The Balaban J connectivity index is 0. The van der Waals surface area contributed by atoms with Gasteiger partial charge in [-0.2, -0.15) is 0 Å². The van der Waals surface area contributed by atoms with Crippen molar-refractivity contribution in [2.45, 2.75) is 59.2 Å². The third kappa shape index (κ3) is 5.74. The molecule has 1 heterocycles. The predicted molar refractivity (Wildman–Crippen MR) is 82.2 cm³/mol. The molecule has 0 bridgehead atoms. The summed E-state index contributed by atoms with van der Waals surface area (Å²) in [6, 6.07) is 0.111. The molecule has 1 saturated heterocycles. The minimum atomic E-state index is -0.510. The van der Waals surface area contributed by atoms with Crippen molar-refractivity contribution >= 4 is 5.91 Å². The van der Waals surface area contributed by atoms with Crippen LogP contribution in [0.25, 0.3) is 0 Å². The van der Waals surface area contributed by atoms with Gasteiger partial charge in [0.2, 0.25) is 5.91 Å². The second-order valence-corrected chi connectivity index (χ2v) is 4.29. The Labute approximate surface area is 119 Å². The smallest absolute Gasteiger partial charge is 0.246 e. The lowest BCUT2D eigenvalue weighted by Crippen LogP contribution is -2.49. The Kier molecular flexibility index (Phi) is 11.8. The van der Waals surface area contributed by atoms with E-state index in [1.807, 2.05) is 41.8 Å². The van der Waals surface area contributed by atoms with Crippen molar-refractivity contribution in [3.05, 3.63) is 12.7 Å². The Hall–Kier alpha value is -0.870. The molecule has 0 saturated carbocycles. The molecular weight excluding hydrogens is 240 g/mol. The summed E-state index contributed by atoms with van der Waals surface area (Å²) in [5, 5.41) is 9.73. The fourth-order valence-electron chi connectivity index (χ4n) is 2.32. The largest absolute Gasteiger partial charge is 0.391 e. The summed E-state index contributed by atoms with van der Waals surface area (Å²) in [5.41, 5.74) is 0. The Morgan fingerprint density at radius 2 is 1.84 bits per heavy atom. The van der Waals surface area contributed by atoms with Gasteiger partial charge in [0, 0.05) is 12.6 Å². The third-order valence-corrected chi connectivity index (χ3v) is 3.04. The predicted octanol–water partition coefficient (Wildman–Crippen LogP) is 2.14. The maximum Gasteiger partial charge on any atom is 0.246 e. The van der Waals surface area contributed by atoms with Crippen LogP contribution in [-0.4, -0.2) is 59.6 Å². The number of amides is 1. The van der Waals surface area contributed by atoms with Gasteiger partial charge in [-0.15, -0.1) is 0 Å². The zero-order valence-corrected chi connectivity index (χ0v) is 13.7. The fraction of sp³-hybridized carbons (Fsp3) is 0.800. The van der Waals surface area contributed by atoms with Crippen LogP contribution >= 0.6 is 0 Å². The molecular formula is C15H32N2O2. The summed E-state index contributed by atoms with van der Waals surface area (Å²) in [6.07, 6.45) is 1.71. The van der Waals surface area contributed by atoms with Crippen LogP contribution in [0, 0.1) is 0 Å². The number of rotatable bonds is 3. The van der Waals surface area contributed by atoms with Crippen molar-refractivity contribution in [3.8, 4) is 0 Å². The first-order valence-corrected chi connectivity index (χ1v) is 7.26. The van der Waals surface area contributed by atoms with E-state index in [2.05, 4.69) is 11.5 Å². The average molecular weight is 272 g/mol. The van der Waals surface area contributed by atoms with Crippen LogP contribution in [0.15, 0.2) is 12.7 Å². The van der Waals surface area contributed by atoms with Gasteiger partial charge in [-0.25, -0.2) is 0 Å². The molecule has 4 nitrogen and oxygen atoms in total. The molecule has 0 aromatic heterocycles. The SMILES string of the molecule is C=CC(=O)N1CCC(N(C)C)C1C(C)O.CC.CC. The van der Waals surface area contributed by atoms with Gasteiger partial charge in [0.25, 0.3) is 0 Å². The number of aliphatic hydroxyl groups is 1. The summed E-state index contributed by atoms with van der Waals surface area (Å²) in [6.45, 7) is 13.9. The topological polar surface area (TPSA) is 43.8 Å². The molecule has 1 aliphatic rings. The van der Waals surface area contributed by atoms with Gasteiger partial charge in [-0.1, -0.05) is 34.3 Å². The molecule has 1 rings (SSSR count). The minimum Gasteiger partial charge on any atom is -0.391 e. The Bertz CT molecular complexity index is 253. The van der Waals surface area contributed by atoms with Crippen molar-refractivity contribution in [2.75, 3.05) is 20.6 Å². The fourth-order valence-corrected chi connectivity index (χ4v) is 2.32. The second-order valence-electron chi connectivity index (χ2n) is 4.29. The van der Waals surface area contributed by atoms with E-state index in [0.717, 1.165) is 6.42 Å². The van der Waals surface area contributed by atoms with Crippen molar-refractivity contribution in [1.82, 2.24) is 9.80 Å². The van der Waals surface area contributed by atoms with Crippen LogP contribution in [0.1, 0.15) is 41.0 Å². The van der Waals surface area contributed by atoms with Gasteiger partial charge in [0.1, 0.15) is 0 Å². The molecule has 4 heteroatoms. The molecule has 0 aromatic carbocycles. The number of aliphatic hydroxyl groups excluding tert-OH is 1. The highest BCUT2D eigenvalue weighted by Crippen LogP contribution is 2.24. The lowest BCUT2D eigenvalue weighted by atomic mass is 10.0. The van der Waals surface area contributed by atoms with Crippen LogP contribution in [0.3, 0.4) is 0 Å². The standard InChI is InChI=1S/C11H20N2O2.2C2H6/c1-5-10(15)13-7-6-9(12(3)4)11(13)8(2)14;2*1-2/h5,8-9,11,14H,1,6-7H2,2-4H3;2*1-2H3. The van der Waals surface area contributed by atoms with E-state index in [1.165, 1.54) is 6.08 Å². The van der Waals surface area contributed by atoms with Crippen LogP contribution in [-0.2, 0) is 4.79 Å². The molecule has 0 spiro atoms. The molecule has 1 fully saturated rings. The molecule has 1 amide bonds. The summed E-state index contributed by atoms with van der Waals surface area (Å²) in [5.74, 6) is -0.0924. The van der Waals surface area contributed by atoms with Gasteiger partial charge in [0.15, 0.2) is 0 Å². The van der Waals surface area contributed by atoms with Crippen LogP contribution in [0.5, 0.6) is 0 Å². The molecule has 1 aliphatic heterocycles. The average Bonchev–Trinajstić information content (AvgIpc) is 2.87. The summed E-state index contributed by atoms with van der Waals surface area (Å²) in [4.78, 5) is 15.3. The number of hydrogen-bond donors (Lipinski definition) is 1. The van der Waals surface area contributed by atoms with E-state index >= 15 is 0 Å². The van der Waals surface area contributed by atoms with Crippen molar-refractivity contribution in [1.29, 1.82) is 0 Å². The quantitative estimate of drug-likeness (QED) is 0.801. The van der Waals surface area contributed by atoms with Gasteiger partial charge in [0.05, 0.1) is 12.1 Å². The van der Waals surface area contributed by atoms with Crippen LogP contribution in [0.4, 0.5) is 0 Å². The molecule has 114 valence electrons. The summed E-state index contributed by atoms with van der Waals surface area (Å²) < 4.78 is 0. The van der Waals surface area contributed by atoms with Crippen molar-refractivity contribution in [2.24, 2.45) is 0 Å². The number of hydrogen-bond acceptors (Lipinski definition) is 3. The van der Waals surface area contributed by atoms with E-state index in [-0.39, 0.29) is 18.0 Å². The second kappa shape index (κ2) is 11.0. The van der Waals surface area contributed by atoms with E-state index in [1.54, 1.807) is 11.8 Å². The molecule has 0 radical (unpaired) electrons. The van der Waals surface area contributed by atoms with E-state index < -0.39 is 6.10 Å². The zero-order valence-electron chi connectivity index (χ0n) is 13.7. The number of carbonyl (C=O) groups excluding carboxylic acids is 1. The van der Waals surface area contributed by atoms with E-state index in [4.69, 9.17) is 0 Å². The normalized spacial score (nSPS) is 22.9. The number of likely N-dealkylation sites (N-methyl/N-ethyl adjacent to an activating group) is 1. The Morgan fingerprint density at radius 1 is 1.37 bits per heavy atom. The maximum absolute atomic E-state index is 11.6.